The monoisotopic (exact) mass is 284 g/mol. The summed E-state index contributed by atoms with van der Waals surface area (Å²) in [7, 11) is -4.67. The molecule has 0 aromatic rings. The van der Waals surface area contributed by atoms with E-state index in [1.165, 1.54) is 15.0 Å². The molecule has 0 aliphatic heterocycles. The van der Waals surface area contributed by atoms with Gasteiger partial charge in [0.1, 0.15) is 0 Å². The van der Waals surface area contributed by atoms with Crippen molar-refractivity contribution in [1.82, 2.24) is 0 Å². The van der Waals surface area contributed by atoms with Crippen LogP contribution in [0.15, 0.2) is 45.4 Å². The van der Waals surface area contributed by atoms with Gasteiger partial charge in [-0.2, -0.15) is 8.42 Å². The molecule has 6 heteroatoms. The molecular weight excluding hydrogens is 272 g/mol. The Bertz CT molecular complexity index is 421. The van der Waals surface area contributed by atoms with E-state index >= 15 is 0 Å². The molecule has 0 fully saturated rings. The minimum absolute atomic E-state index is 1.16. The van der Waals surface area contributed by atoms with E-state index in [0.29, 0.717) is 0 Å². The molecule has 0 bridgehead atoms. The van der Waals surface area contributed by atoms with Gasteiger partial charge in [-0.15, -0.1) is 0 Å². The van der Waals surface area contributed by atoms with Gasteiger partial charge in [-0.3, -0.25) is 9.11 Å². The second-order valence-corrected chi connectivity index (χ2v) is 5.59. The van der Waals surface area contributed by atoms with Gasteiger partial charge in [-0.05, 0) is 0 Å². The zero-order valence-corrected chi connectivity index (χ0v) is 10.3. The van der Waals surface area contributed by atoms with Crippen molar-refractivity contribution in [3.05, 3.63) is 45.4 Å². The van der Waals surface area contributed by atoms with Crippen LogP contribution < -0.4 is 0 Å². The standard InChI is InChI=1S/2C5H5.Fe.H2O4S/c2*1-2-4-5-3-1;;1-5(2,3)4/h2*1-3H,4H2;;(H2,1,2,3,4). The van der Waals surface area contributed by atoms with E-state index in [1.807, 2.05) is 0 Å². The van der Waals surface area contributed by atoms with Crippen molar-refractivity contribution in [2.24, 2.45) is 0 Å². The van der Waals surface area contributed by atoms with Gasteiger partial charge in [0.2, 0.25) is 0 Å². The summed E-state index contributed by atoms with van der Waals surface area (Å²) >= 11 is 1.18. The second kappa shape index (κ2) is 6.18. The Balaban J connectivity index is 0.000000221. The van der Waals surface area contributed by atoms with Crippen molar-refractivity contribution in [3.63, 3.8) is 0 Å². The molecule has 4 nitrogen and oxygen atoms in total. The Morgan fingerprint density at radius 3 is 1.62 bits per heavy atom. The molecule has 2 aliphatic carbocycles. The van der Waals surface area contributed by atoms with Crippen LogP contribution in [0.4, 0.5) is 0 Å². The first kappa shape index (κ1) is 13.4. The maximum absolute atomic E-state index is 8.74. The van der Waals surface area contributed by atoms with Crippen molar-refractivity contribution >= 4 is 10.4 Å². The fourth-order valence-electron chi connectivity index (χ4n) is 1.11. The minimum atomic E-state index is -4.67. The van der Waals surface area contributed by atoms with E-state index in [1.54, 1.807) is 8.94 Å². The van der Waals surface area contributed by atoms with Crippen LogP contribution in [0, 0.1) is 0 Å². The molecule has 90 valence electrons. The molecule has 16 heavy (non-hydrogen) atoms. The van der Waals surface area contributed by atoms with Crippen molar-refractivity contribution in [2.45, 2.75) is 12.8 Å². The van der Waals surface area contributed by atoms with Crippen LogP contribution in [0.5, 0.6) is 0 Å². The van der Waals surface area contributed by atoms with Crippen LogP contribution >= 0.6 is 0 Å². The normalized spacial score (nSPS) is 18.1. The van der Waals surface area contributed by atoms with Gasteiger partial charge in [0, 0.05) is 0 Å². The smallest absolute Gasteiger partial charge is 0.264 e. The van der Waals surface area contributed by atoms with Gasteiger partial charge in [-0.25, -0.2) is 0 Å². The third kappa shape index (κ3) is 6.76. The Labute approximate surface area is 101 Å². The first-order chi connectivity index (χ1) is 7.45. The molecule has 0 atom stereocenters. The van der Waals surface area contributed by atoms with Gasteiger partial charge in [0.05, 0.1) is 0 Å². The number of hydrogen-bond donors (Lipinski definition) is 2. The zero-order chi connectivity index (χ0) is 12.0. The SMILES string of the molecule is C1=CC[C]([Fe][C]2=CC=CC2)=C1.O=S(=O)(O)O. The van der Waals surface area contributed by atoms with Crippen molar-refractivity contribution in [2.75, 3.05) is 0 Å². The molecular formula is C10H12FeO4S. The van der Waals surface area contributed by atoms with Gasteiger partial charge in [-0.1, -0.05) is 0 Å². The maximum atomic E-state index is 8.74. The van der Waals surface area contributed by atoms with E-state index in [9.17, 15) is 0 Å². The summed E-state index contributed by atoms with van der Waals surface area (Å²) in [6.07, 6.45) is 15.5. The minimum Gasteiger partial charge on any atom is -0.264 e. The maximum Gasteiger partial charge on any atom is 0.394 e. The Morgan fingerprint density at radius 1 is 1.00 bits per heavy atom. The van der Waals surface area contributed by atoms with E-state index in [-0.39, 0.29) is 0 Å². The summed E-state index contributed by atoms with van der Waals surface area (Å²) in [4.78, 5) is 0. The molecule has 2 N–H and O–H groups in total. The first-order valence-corrected chi connectivity index (χ1v) is 6.99. The second-order valence-electron chi connectivity index (χ2n) is 3.00. The van der Waals surface area contributed by atoms with E-state index < -0.39 is 10.4 Å². The summed E-state index contributed by atoms with van der Waals surface area (Å²) in [5.74, 6) is 0. The molecule has 0 saturated carbocycles. The van der Waals surface area contributed by atoms with Crippen LogP contribution in [-0.4, -0.2) is 17.5 Å². The first-order valence-electron chi connectivity index (χ1n) is 4.49. The molecule has 0 unspecified atom stereocenters. The molecule has 2 rings (SSSR count). The average Bonchev–Trinajstić information content (AvgIpc) is 2.74. The van der Waals surface area contributed by atoms with Gasteiger partial charge in [0.25, 0.3) is 0 Å². The molecule has 2 aliphatic rings. The zero-order valence-electron chi connectivity index (χ0n) is 8.35. The van der Waals surface area contributed by atoms with Gasteiger partial charge >= 0.3 is 83.6 Å². The van der Waals surface area contributed by atoms with Gasteiger partial charge in [0.15, 0.2) is 0 Å². The fraction of sp³-hybridized carbons (Fsp3) is 0.200. The predicted octanol–water partition coefficient (Wildman–Crippen LogP) is 2.10. The molecule has 0 spiro atoms. The fourth-order valence-corrected chi connectivity index (χ4v) is 2.45. The number of hydrogen-bond acceptors (Lipinski definition) is 2. The third-order valence-corrected chi connectivity index (χ3v) is 3.19. The van der Waals surface area contributed by atoms with E-state index in [4.69, 9.17) is 17.5 Å². The summed E-state index contributed by atoms with van der Waals surface area (Å²) in [6.45, 7) is 0. The summed E-state index contributed by atoms with van der Waals surface area (Å²) in [5.41, 5.74) is 0. The van der Waals surface area contributed by atoms with Crippen molar-refractivity contribution in [1.29, 1.82) is 0 Å². The summed E-state index contributed by atoms with van der Waals surface area (Å²) in [6, 6.07) is 0. The predicted molar refractivity (Wildman–Crippen MR) is 57.9 cm³/mol. The quantitative estimate of drug-likeness (QED) is 0.601. The van der Waals surface area contributed by atoms with Crippen LogP contribution in [0.1, 0.15) is 12.8 Å². The largest absolute Gasteiger partial charge is 0.394 e. The Hall–Kier alpha value is -0.651. The summed E-state index contributed by atoms with van der Waals surface area (Å²) < 4.78 is 34.7. The van der Waals surface area contributed by atoms with Crippen LogP contribution in [0.25, 0.3) is 0 Å². The summed E-state index contributed by atoms with van der Waals surface area (Å²) in [5, 5.41) is 0. The molecule has 0 aromatic carbocycles. The molecule has 0 saturated heterocycles. The van der Waals surface area contributed by atoms with Crippen LogP contribution in [-0.2, 0) is 25.4 Å². The molecule has 0 heterocycles. The van der Waals surface area contributed by atoms with Crippen molar-refractivity contribution < 1.29 is 32.5 Å². The van der Waals surface area contributed by atoms with Crippen molar-refractivity contribution in [3.8, 4) is 0 Å². The average molecular weight is 284 g/mol. The molecule has 0 radical (unpaired) electrons. The molecule has 0 amide bonds. The van der Waals surface area contributed by atoms with Crippen LogP contribution in [0.3, 0.4) is 0 Å². The van der Waals surface area contributed by atoms with Crippen LogP contribution in [0.2, 0.25) is 0 Å². The van der Waals surface area contributed by atoms with E-state index in [0.717, 1.165) is 12.8 Å². The topological polar surface area (TPSA) is 74.6 Å². The Kier molecular flexibility index (Phi) is 5.18. The Morgan fingerprint density at radius 2 is 1.38 bits per heavy atom. The third-order valence-electron chi connectivity index (χ3n) is 1.66. The number of allylic oxidation sites excluding steroid dienone is 8. The van der Waals surface area contributed by atoms with Gasteiger partial charge < -0.3 is 0 Å². The molecule has 0 aromatic heterocycles. The van der Waals surface area contributed by atoms with E-state index in [2.05, 4.69) is 36.5 Å². The number of rotatable bonds is 2.